The van der Waals surface area contributed by atoms with Crippen LogP contribution >= 0.6 is 0 Å². The summed E-state index contributed by atoms with van der Waals surface area (Å²) in [4.78, 5) is 2.44. The normalized spacial score (nSPS) is 18.8. The highest BCUT2D eigenvalue weighted by atomic mass is 15.1. The number of nitrogens with zero attached hydrogens (tertiary/aromatic N) is 1. The molecule has 94 valence electrons. The summed E-state index contributed by atoms with van der Waals surface area (Å²) in [5, 5.41) is 0. The minimum atomic E-state index is 0.553. The van der Waals surface area contributed by atoms with E-state index in [0.717, 1.165) is 19.0 Å². The largest absolute Gasteiger partial charge is 0.329 e. The maximum atomic E-state index is 5.97. The molecule has 1 saturated carbocycles. The van der Waals surface area contributed by atoms with E-state index in [2.05, 4.69) is 42.3 Å². The summed E-state index contributed by atoms with van der Waals surface area (Å²) in [7, 11) is 2.21. The molecular formula is C15H24N2. The average molecular weight is 232 g/mol. The molecule has 0 amide bonds. The van der Waals surface area contributed by atoms with Gasteiger partial charge >= 0.3 is 0 Å². The third kappa shape index (κ3) is 3.30. The fourth-order valence-electron chi connectivity index (χ4n) is 3.06. The molecule has 0 spiro atoms. The highest BCUT2D eigenvalue weighted by molar-refractivity contribution is 5.14. The number of benzene rings is 1. The van der Waals surface area contributed by atoms with Crippen molar-refractivity contribution in [2.75, 3.05) is 13.6 Å². The molecule has 0 heterocycles. The molecule has 2 rings (SSSR count). The predicted molar refractivity (Wildman–Crippen MR) is 72.7 cm³/mol. The summed E-state index contributed by atoms with van der Waals surface area (Å²) in [6.07, 6.45) is 5.50. The first-order valence-corrected chi connectivity index (χ1v) is 6.75. The summed E-state index contributed by atoms with van der Waals surface area (Å²) < 4.78 is 0. The topological polar surface area (TPSA) is 29.3 Å². The Labute approximate surface area is 105 Å². The van der Waals surface area contributed by atoms with Gasteiger partial charge in [-0.05, 0) is 31.4 Å². The maximum absolute atomic E-state index is 5.97. The van der Waals surface area contributed by atoms with Gasteiger partial charge in [-0.3, -0.25) is 4.90 Å². The summed E-state index contributed by atoms with van der Waals surface area (Å²) >= 11 is 0. The number of nitrogens with two attached hydrogens (primary N) is 1. The van der Waals surface area contributed by atoms with Crippen LogP contribution in [0.3, 0.4) is 0 Å². The molecule has 0 aliphatic heterocycles. The SMILES string of the molecule is CN(Cc1ccccc1)C(CN)C1CCCC1. The Hall–Kier alpha value is -0.860. The van der Waals surface area contributed by atoms with Gasteiger partial charge in [0.05, 0.1) is 0 Å². The van der Waals surface area contributed by atoms with Gasteiger partial charge in [-0.1, -0.05) is 43.2 Å². The van der Waals surface area contributed by atoms with E-state index in [1.54, 1.807) is 0 Å². The van der Waals surface area contributed by atoms with E-state index in [4.69, 9.17) is 5.73 Å². The Kier molecular flexibility index (Phi) is 4.57. The molecule has 0 radical (unpaired) electrons. The van der Waals surface area contributed by atoms with Gasteiger partial charge in [0.1, 0.15) is 0 Å². The zero-order chi connectivity index (χ0) is 12.1. The van der Waals surface area contributed by atoms with E-state index in [0.29, 0.717) is 6.04 Å². The van der Waals surface area contributed by atoms with E-state index in [-0.39, 0.29) is 0 Å². The van der Waals surface area contributed by atoms with Crippen LogP contribution in [0.4, 0.5) is 0 Å². The monoisotopic (exact) mass is 232 g/mol. The van der Waals surface area contributed by atoms with E-state index < -0.39 is 0 Å². The fourth-order valence-corrected chi connectivity index (χ4v) is 3.06. The van der Waals surface area contributed by atoms with E-state index in [1.807, 2.05) is 0 Å². The first-order valence-electron chi connectivity index (χ1n) is 6.75. The van der Waals surface area contributed by atoms with Crippen LogP contribution < -0.4 is 5.73 Å². The molecule has 1 aliphatic rings. The fraction of sp³-hybridized carbons (Fsp3) is 0.600. The lowest BCUT2D eigenvalue weighted by atomic mass is 9.96. The van der Waals surface area contributed by atoms with Crippen LogP contribution in [0, 0.1) is 5.92 Å². The smallest absolute Gasteiger partial charge is 0.0247 e. The standard InChI is InChI=1S/C15H24N2/c1-17(12-13-7-3-2-4-8-13)15(11-16)14-9-5-6-10-14/h2-4,7-8,14-15H,5-6,9-12,16H2,1H3. The maximum Gasteiger partial charge on any atom is 0.0247 e. The number of hydrogen-bond donors (Lipinski definition) is 1. The molecule has 0 bridgehead atoms. The van der Waals surface area contributed by atoms with Crippen LogP contribution in [-0.4, -0.2) is 24.5 Å². The molecule has 2 N–H and O–H groups in total. The van der Waals surface area contributed by atoms with Gasteiger partial charge in [-0.15, -0.1) is 0 Å². The van der Waals surface area contributed by atoms with E-state index >= 15 is 0 Å². The number of likely N-dealkylation sites (N-methyl/N-ethyl adjacent to an activating group) is 1. The Morgan fingerprint density at radius 3 is 2.47 bits per heavy atom. The van der Waals surface area contributed by atoms with Crippen LogP contribution in [0.1, 0.15) is 31.2 Å². The molecule has 1 unspecified atom stereocenters. The van der Waals surface area contributed by atoms with Gasteiger partial charge in [0.2, 0.25) is 0 Å². The zero-order valence-corrected chi connectivity index (χ0v) is 10.8. The molecule has 1 aromatic carbocycles. The molecule has 0 aromatic heterocycles. The molecule has 2 heteroatoms. The third-order valence-electron chi connectivity index (χ3n) is 4.03. The molecule has 0 saturated heterocycles. The Morgan fingerprint density at radius 1 is 1.24 bits per heavy atom. The van der Waals surface area contributed by atoms with Crippen molar-refractivity contribution >= 4 is 0 Å². The van der Waals surface area contributed by atoms with Gasteiger partial charge in [-0.2, -0.15) is 0 Å². The minimum absolute atomic E-state index is 0.553. The molecule has 2 nitrogen and oxygen atoms in total. The Morgan fingerprint density at radius 2 is 1.88 bits per heavy atom. The first-order chi connectivity index (χ1) is 8.31. The van der Waals surface area contributed by atoms with Crippen molar-refractivity contribution in [3.63, 3.8) is 0 Å². The van der Waals surface area contributed by atoms with Gasteiger partial charge in [-0.25, -0.2) is 0 Å². The lowest BCUT2D eigenvalue weighted by Gasteiger charge is -2.31. The highest BCUT2D eigenvalue weighted by Crippen LogP contribution is 2.29. The van der Waals surface area contributed by atoms with Crippen molar-refractivity contribution in [3.05, 3.63) is 35.9 Å². The zero-order valence-electron chi connectivity index (χ0n) is 10.8. The van der Waals surface area contributed by atoms with Gasteiger partial charge in [0.15, 0.2) is 0 Å². The molecule has 1 atom stereocenters. The van der Waals surface area contributed by atoms with Gasteiger partial charge in [0, 0.05) is 19.1 Å². The average Bonchev–Trinajstić information content (AvgIpc) is 2.85. The van der Waals surface area contributed by atoms with Crippen LogP contribution in [0.5, 0.6) is 0 Å². The Bertz CT molecular complexity index is 317. The summed E-state index contributed by atoms with van der Waals surface area (Å²) in [5.41, 5.74) is 7.35. The van der Waals surface area contributed by atoms with Crippen LogP contribution in [0.15, 0.2) is 30.3 Å². The van der Waals surface area contributed by atoms with Gasteiger partial charge < -0.3 is 5.73 Å². The lowest BCUT2D eigenvalue weighted by molar-refractivity contribution is 0.174. The van der Waals surface area contributed by atoms with E-state index in [9.17, 15) is 0 Å². The quantitative estimate of drug-likeness (QED) is 0.845. The van der Waals surface area contributed by atoms with Crippen molar-refractivity contribution in [1.29, 1.82) is 0 Å². The minimum Gasteiger partial charge on any atom is -0.329 e. The summed E-state index contributed by atoms with van der Waals surface area (Å²) in [5.74, 6) is 0.814. The van der Waals surface area contributed by atoms with E-state index in [1.165, 1.54) is 31.2 Å². The third-order valence-corrected chi connectivity index (χ3v) is 4.03. The van der Waals surface area contributed by atoms with Crippen molar-refractivity contribution in [3.8, 4) is 0 Å². The number of hydrogen-bond acceptors (Lipinski definition) is 2. The lowest BCUT2D eigenvalue weighted by Crippen LogP contribution is -2.42. The molecule has 1 aromatic rings. The second-order valence-corrected chi connectivity index (χ2v) is 5.25. The number of rotatable bonds is 5. The van der Waals surface area contributed by atoms with Crippen LogP contribution in [0.25, 0.3) is 0 Å². The van der Waals surface area contributed by atoms with Crippen molar-refractivity contribution in [2.45, 2.75) is 38.3 Å². The first kappa shape index (κ1) is 12.6. The van der Waals surface area contributed by atoms with Crippen molar-refractivity contribution in [1.82, 2.24) is 4.90 Å². The summed E-state index contributed by atoms with van der Waals surface area (Å²) in [6, 6.07) is 11.2. The highest BCUT2D eigenvalue weighted by Gasteiger charge is 2.26. The van der Waals surface area contributed by atoms with Crippen LogP contribution in [-0.2, 0) is 6.54 Å². The molecule has 17 heavy (non-hydrogen) atoms. The second kappa shape index (κ2) is 6.18. The molecule has 1 aliphatic carbocycles. The second-order valence-electron chi connectivity index (χ2n) is 5.25. The molecule has 1 fully saturated rings. The van der Waals surface area contributed by atoms with Crippen molar-refractivity contribution in [2.24, 2.45) is 11.7 Å². The van der Waals surface area contributed by atoms with Crippen molar-refractivity contribution < 1.29 is 0 Å². The van der Waals surface area contributed by atoms with Gasteiger partial charge in [0.25, 0.3) is 0 Å². The molecular weight excluding hydrogens is 208 g/mol. The predicted octanol–water partition coefficient (Wildman–Crippen LogP) is 2.64. The Balaban J connectivity index is 1.95. The van der Waals surface area contributed by atoms with Crippen LogP contribution in [0.2, 0.25) is 0 Å². The summed E-state index contributed by atoms with van der Waals surface area (Å²) in [6.45, 7) is 1.80.